The molecule has 0 aromatic heterocycles. The van der Waals surface area contributed by atoms with Crippen molar-refractivity contribution in [2.24, 2.45) is 5.73 Å². The first-order valence-corrected chi connectivity index (χ1v) is 7.04. The Balaban J connectivity index is 1.83. The van der Waals surface area contributed by atoms with Crippen LogP contribution in [0.4, 0.5) is 4.39 Å². The van der Waals surface area contributed by atoms with Crippen LogP contribution in [0, 0.1) is 5.82 Å². The quantitative estimate of drug-likeness (QED) is 0.929. The maximum atomic E-state index is 13.0. The Morgan fingerprint density at radius 3 is 2.45 bits per heavy atom. The van der Waals surface area contributed by atoms with Crippen molar-refractivity contribution in [3.8, 4) is 0 Å². The lowest BCUT2D eigenvalue weighted by Crippen LogP contribution is -2.37. The van der Waals surface area contributed by atoms with E-state index in [4.69, 9.17) is 5.73 Å². The van der Waals surface area contributed by atoms with Crippen molar-refractivity contribution in [1.29, 1.82) is 0 Å². The van der Waals surface area contributed by atoms with Crippen LogP contribution in [0.1, 0.15) is 22.7 Å². The van der Waals surface area contributed by atoms with E-state index in [1.54, 1.807) is 0 Å². The van der Waals surface area contributed by atoms with Crippen molar-refractivity contribution in [3.63, 3.8) is 0 Å². The molecule has 1 aliphatic rings. The molecule has 104 valence electrons. The second kappa shape index (κ2) is 5.73. The minimum Gasteiger partial charge on any atom is -0.329 e. The van der Waals surface area contributed by atoms with Crippen molar-refractivity contribution in [2.75, 3.05) is 13.1 Å². The van der Waals surface area contributed by atoms with Crippen LogP contribution in [-0.4, -0.2) is 18.0 Å². The molecular formula is C17H19FN2. The molecule has 0 radical (unpaired) electrons. The van der Waals surface area contributed by atoms with Crippen LogP contribution in [0.25, 0.3) is 0 Å². The summed E-state index contributed by atoms with van der Waals surface area (Å²) in [6, 6.07) is 15.4. The molecule has 0 aliphatic carbocycles. The van der Waals surface area contributed by atoms with Gasteiger partial charge in [0.1, 0.15) is 5.82 Å². The van der Waals surface area contributed by atoms with E-state index in [-0.39, 0.29) is 11.9 Å². The first-order chi connectivity index (χ1) is 9.78. The second-order valence-electron chi connectivity index (χ2n) is 5.29. The average molecular weight is 270 g/mol. The molecule has 0 amide bonds. The lowest BCUT2D eigenvalue weighted by Gasteiger charge is -2.35. The Kier molecular flexibility index (Phi) is 3.81. The number of nitrogens with zero attached hydrogens (tertiary/aromatic N) is 1. The fourth-order valence-corrected chi connectivity index (χ4v) is 2.96. The number of hydrogen-bond donors (Lipinski definition) is 1. The molecule has 2 nitrogen and oxygen atoms in total. The zero-order chi connectivity index (χ0) is 13.9. The smallest absolute Gasteiger partial charge is 0.123 e. The predicted molar refractivity (Wildman–Crippen MR) is 78.8 cm³/mol. The molecule has 2 aromatic carbocycles. The van der Waals surface area contributed by atoms with Gasteiger partial charge in [-0.15, -0.1) is 0 Å². The Morgan fingerprint density at radius 1 is 1.05 bits per heavy atom. The first-order valence-electron chi connectivity index (χ1n) is 7.04. The molecule has 20 heavy (non-hydrogen) atoms. The van der Waals surface area contributed by atoms with Gasteiger partial charge in [0.2, 0.25) is 0 Å². The van der Waals surface area contributed by atoms with Gasteiger partial charge in [-0.05, 0) is 35.2 Å². The van der Waals surface area contributed by atoms with Crippen molar-refractivity contribution in [1.82, 2.24) is 4.90 Å². The molecule has 0 saturated carbocycles. The molecule has 1 aliphatic heterocycles. The van der Waals surface area contributed by atoms with Crippen LogP contribution < -0.4 is 5.73 Å². The van der Waals surface area contributed by atoms with E-state index in [1.807, 2.05) is 12.1 Å². The predicted octanol–water partition coefficient (Wildman–Crippen LogP) is 2.88. The van der Waals surface area contributed by atoms with Gasteiger partial charge < -0.3 is 5.73 Å². The number of benzene rings is 2. The minimum absolute atomic E-state index is 0.156. The van der Waals surface area contributed by atoms with Crippen LogP contribution in [0.15, 0.2) is 48.5 Å². The highest BCUT2D eigenvalue weighted by molar-refractivity contribution is 5.30. The summed E-state index contributed by atoms with van der Waals surface area (Å²) in [7, 11) is 0. The van der Waals surface area contributed by atoms with Gasteiger partial charge in [0.15, 0.2) is 0 Å². The molecule has 0 spiro atoms. The number of fused-ring (bicyclic) bond motifs is 1. The zero-order valence-corrected chi connectivity index (χ0v) is 11.4. The highest BCUT2D eigenvalue weighted by Crippen LogP contribution is 2.27. The highest BCUT2D eigenvalue weighted by Gasteiger charge is 2.23. The summed E-state index contributed by atoms with van der Waals surface area (Å²) >= 11 is 0. The van der Waals surface area contributed by atoms with Gasteiger partial charge in [-0.25, -0.2) is 4.39 Å². The molecule has 3 heteroatoms. The number of nitrogens with two attached hydrogens (primary N) is 1. The number of rotatable bonds is 3. The molecule has 1 unspecified atom stereocenters. The Morgan fingerprint density at radius 2 is 1.75 bits per heavy atom. The van der Waals surface area contributed by atoms with Crippen LogP contribution in [0.5, 0.6) is 0 Å². The van der Waals surface area contributed by atoms with Gasteiger partial charge in [0.25, 0.3) is 0 Å². The molecule has 3 rings (SSSR count). The van der Waals surface area contributed by atoms with Gasteiger partial charge in [-0.3, -0.25) is 4.90 Å². The molecule has 0 fully saturated rings. The SMILES string of the molecule is NCC(c1ccc(F)cc1)N1CCc2ccccc2C1. The Bertz CT molecular complexity index is 580. The monoisotopic (exact) mass is 270 g/mol. The lowest BCUT2D eigenvalue weighted by molar-refractivity contribution is 0.183. The lowest BCUT2D eigenvalue weighted by atomic mass is 9.96. The number of hydrogen-bond acceptors (Lipinski definition) is 2. The van der Waals surface area contributed by atoms with Crippen molar-refractivity contribution < 1.29 is 4.39 Å². The first kappa shape index (κ1) is 13.3. The van der Waals surface area contributed by atoms with E-state index in [2.05, 4.69) is 29.2 Å². The zero-order valence-electron chi connectivity index (χ0n) is 11.4. The average Bonchev–Trinajstić information content (AvgIpc) is 2.50. The molecule has 2 aromatic rings. The molecule has 1 heterocycles. The van der Waals surface area contributed by atoms with Gasteiger partial charge in [0, 0.05) is 25.7 Å². The van der Waals surface area contributed by atoms with E-state index in [9.17, 15) is 4.39 Å². The minimum atomic E-state index is -0.200. The van der Waals surface area contributed by atoms with Crippen molar-refractivity contribution in [3.05, 3.63) is 71.0 Å². The van der Waals surface area contributed by atoms with E-state index in [1.165, 1.54) is 23.3 Å². The third kappa shape index (κ3) is 2.60. The normalized spacial score (nSPS) is 16.7. The van der Waals surface area contributed by atoms with Crippen LogP contribution >= 0.6 is 0 Å². The third-order valence-electron chi connectivity index (χ3n) is 4.08. The Labute approximate surface area is 119 Å². The van der Waals surface area contributed by atoms with Crippen LogP contribution in [0.2, 0.25) is 0 Å². The highest BCUT2D eigenvalue weighted by atomic mass is 19.1. The summed E-state index contributed by atoms with van der Waals surface area (Å²) in [5.74, 6) is -0.200. The standard InChI is InChI=1S/C17H19FN2/c18-16-7-5-14(6-8-16)17(11-19)20-10-9-13-3-1-2-4-15(13)12-20/h1-8,17H,9-12,19H2. The summed E-state index contributed by atoms with van der Waals surface area (Å²) in [5, 5.41) is 0. The van der Waals surface area contributed by atoms with Gasteiger partial charge in [0.05, 0.1) is 0 Å². The maximum Gasteiger partial charge on any atom is 0.123 e. The van der Waals surface area contributed by atoms with Crippen LogP contribution in [0.3, 0.4) is 0 Å². The van der Waals surface area contributed by atoms with Gasteiger partial charge >= 0.3 is 0 Å². The summed E-state index contributed by atoms with van der Waals surface area (Å²) in [6.45, 7) is 2.46. The summed E-state index contributed by atoms with van der Waals surface area (Å²) in [5.41, 5.74) is 9.85. The summed E-state index contributed by atoms with van der Waals surface area (Å²) in [6.07, 6.45) is 1.05. The second-order valence-corrected chi connectivity index (χ2v) is 5.29. The maximum absolute atomic E-state index is 13.0. The van der Waals surface area contributed by atoms with E-state index in [0.29, 0.717) is 6.54 Å². The Hall–Kier alpha value is -1.71. The largest absolute Gasteiger partial charge is 0.329 e. The molecule has 2 N–H and O–H groups in total. The molecule has 1 atom stereocenters. The van der Waals surface area contributed by atoms with Crippen molar-refractivity contribution >= 4 is 0 Å². The van der Waals surface area contributed by atoms with E-state index >= 15 is 0 Å². The number of halogens is 1. The topological polar surface area (TPSA) is 29.3 Å². The van der Waals surface area contributed by atoms with Crippen molar-refractivity contribution in [2.45, 2.75) is 19.0 Å². The fraction of sp³-hybridized carbons (Fsp3) is 0.294. The molecule has 0 bridgehead atoms. The third-order valence-corrected chi connectivity index (χ3v) is 4.08. The van der Waals surface area contributed by atoms with Gasteiger partial charge in [-0.1, -0.05) is 36.4 Å². The molecule has 0 saturated heterocycles. The van der Waals surface area contributed by atoms with E-state index < -0.39 is 0 Å². The molecular weight excluding hydrogens is 251 g/mol. The van der Waals surface area contributed by atoms with Crippen LogP contribution in [-0.2, 0) is 13.0 Å². The van der Waals surface area contributed by atoms with Gasteiger partial charge in [-0.2, -0.15) is 0 Å². The summed E-state index contributed by atoms with van der Waals surface area (Å²) < 4.78 is 13.0. The summed E-state index contributed by atoms with van der Waals surface area (Å²) in [4.78, 5) is 2.38. The fourth-order valence-electron chi connectivity index (χ4n) is 2.96. The van der Waals surface area contributed by atoms with E-state index in [0.717, 1.165) is 25.1 Å².